The van der Waals surface area contributed by atoms with Gasteiger partial charge in [-0.2, -0.15) is 0 Å². The second-order valence-corrected chi connectivity index (χ2v) is 6.11. The smallest absolute Gasteiger partial charge is 0.0485 e. The van der Waals surface area contributed by atoms with Gasteiger partial charge in [-0.25, -0.2) is 0 Å². The number of halogens is 1. The number of benzene rings is 2. The average Bonchev–Trinajstić information content (AvgIpc) is 2.42. The summed E-state index contributed by atoms with van der Waals surface area (Å²) in [7, 11) is 0. The molecule has 0 spiro atoms. The van der Waals surface area contributed by atoms with Gasteiger partial charge in [-0.15, -0.1) is 0 Å². The maximum absolute atomic E-state index is 3.54. The van der Waals surface area contributed by atoms with Gasteiger partial charge in [-0.1, -0.05) is 37.6 Å². The van der Waals surface area contributed by atoms with Crippen molar-refractivity contribution in [3.05, 3.63) is 63.2 Å². The zero-order chi connectivity index (χ0) is 13.7. The molecule has 0 aliphatic rings. The zero-order valence-corrected chi connectivity index (χ0v) is 13.6. The molecule has 1 nitrogen and oxygen atoms in total. The highest BCUT2D eigenvalue weighted by Gasteiger charge is 2.04. The van der Waals surface area contributed by atoms with E-state index < -0.39 is 0 Å². The first-order chi connectivity index (χ1) is 9.19. The van der Waals surface area contributed by atoms with E-state index in [4.69, 9.17) is 0 Å². The molecule has 0 aliphatic carbocycles. The molecule has 19 heavy (non-hydrogen) atoms. The maximum Gasteiger partial charge on any atom is 0.0485 e. The Kier molecular flexibility index (Phi) is 5.25. The van der Waals surface area contributed by atoms with E-state index in [0.29, 0.717) is 6.04 Å². The summed E-state index contributed by atoms with van der Waals surface area (Å²) in [6.45, 7) is 4.41. The summed E-state index contributed by atoms with van der Waals surface area (Å²) in [5.74, 6) is 0. The summed E-state index contributed by atoms with van der Waals surface area (Å²) in [6, 6.07) is 17.8. The van der Waals surface area contributed by atoms with Gasteiger partial charge in [0, 0.05) is 15.3 Å². The van der Waals surface area contributed by atoms with Crippen LogP contribution in [0.5, 0.6) is 0 Å². The van der Waals surface area contributed by atoms with E-state index in [9.17, 15) is 0 Å². The molecule has 1 N–H and O–H groups in total. The highest BCUT2D eigenvalue weighted by molar-refractivity contribution is 14.1. The average molecular weight is 365 g/mol. The molecule has 0 aromatic heterocycles. The quantitative estimate of drug-likeness (QED) is 0.698. The van der Waals surface area contributed by atoms with Crippen LogP contribution in [0.4, 0.5) is 5.69 Å². The third kappa shape index (κ3) is 4.23. The molecule has 1 unspecified atom stereocenters. The van der Waals surface area contributed by atoms with E-state index in [-0.39, 0.29) is 0 Å². The van der Waals surface area contributed by atoms with Crippen molar-refractivity contribution < 1.29 is 0 Å². The normalized spacial score (nSPS) is 12.2. The van der Waals surface area contributed by atoms with Crippen LogP contribution in [-0.2, 0) is 6.42 Å². The van der Waals surface area contributed by atoms with E-state index in [1.807, 2.05) is 0 Å². The molecule has 100 valence electrons. The number of anilines is 1. The minimum absolute atomic E-state index is 0.328. The van der Waals surface area contributed by atoms with Crippen LogP contribution in [0.25, 0.3) is 0 Å². The molecule has 2 rings (SSSR count). The molecule has 0 heterocycles. The minimum atomic E-state index is 0.328. The van der Waals surface area contributed by atoms with Gasteiger partial charge >= 0.3 is 0 Å². The van der Waals surface area contributed by atoms with Gasteiger partial charge in [0.15, 0.2) is 0 Å². The zero-order valence-electron chi connectivity index (χ0n) is 11.5. The fourth-order valence-electron chi connectivity index (χ4n) is 2.14. The fourth-order valence-corrected chi connectivity index (χ4v) is 2.50. The van der Waals surface area contributed by atoms with Crippen LogP contribution in [0.2, 0.25) is 0 Å². The van der Waals surface area contributed by atoms with Crippen LogP contribution >= 0.6 is 22.6 Å². The van der Waals surface area contributed by atoms with Crippen molar-refractivity contribution in [2.45, 2.75) is 32.7 Å². The van der Waals surface area contributed by atoms with Crippen LogP contribution in [0.15, 0.2) is 48.5 Å². The van der Waals surface area contributed by atoms with Gasteiger partial charge in [0.2, 0.25) is 0 Å². The molecule has 2 heteroatoms. The molecule has 0 saturated carbocycles. The molecular weight excluding hydrogens is 345 g/mol. The Balaban J connectivity index is 2.01. The van der Waals surface area contributed by atoms with E-state index >= 15 is 0 Å². The van der Waals surface area contributed by atoms with E-state index in [0.717, 1.165) is 6.42 Å². The first-order valence-corrected chi connectivity index (χ1v) is 7.88. The van der Waals surface area contributed by atoms with Crippen LogP contribution in [0, 0.1) is 3.57 Å². The molecule has 0 aliphatic heterocycles. The molecule has 0 fully saturated rings. The van der Waals surface area contributed by atoms with Crippen molar-refractivity contribution in [2.24, 2.45) is 0 Å². The minimum Gasteiger partial charge on any atom is -0.379 e. The Labute approximate surface area is 129 Å². The van der Waals surface area contributed by atoms with Gasteiger partial charge in [0.1, 0.15) is 0 Å². The van der Waals surface area contributed by atoms with E-state index in [2.05, 4.69) is 90.3 Å². The highest BCUT2D eigenvalue weighted by atomic mass is 127. The molecule has 0 radical (unpaired) electrons. The van der Waals surface area contributed by atoms with Gasteiger partial charge in [-0.3, -0.25) is 0 Å². The van der Waals surface area contributed by atoms with Gasteiger partial charge in [-0.05, 0) is 71.3 Å². The molecule has 0 amide bonds. The largest absolute Gasteiger partial charge is 0.379 e. The van der Waals surface area contributed by atoms with Gasteiger partial charge in [0.05, 0.1) is 0 Å². The first kappa shape index (κ1) is 14.4. The lowest BCUT2D eigenvalue weighted by Crippen LogP contribution is -2.06. The second-order valence-electron chi connectivity index (χ2n) is 4.86. The summed E-state index contributed by atoms with van der Waals surface area (Å²) in [5, 5.41) is 3.54. The van der Waals surface area contributed by atoms with Gasteiger partial charge < -0.3 is 5.32 Å². The molecule has 0 saturated heterocycles. The first-order valence-electron chi connectivity index (χ1n) is 6.80. The van der Waals surface area contributed by atoms with Crippen molar-refractivity contribution in [1.29, 1.82) is 0 Å². The Morgan fingerprint density at radius 3 is 2.21 bits per heavy atom. The third-order valence-electron chi connectivity index (χ3n) is 3.25. The molecule has 0 bridgehead atoms. The molecule has 2 aromatic rings. The lowest BCUT2D eigenvalue weighted by Gasteiger charge is -2.16. The lowest BCUT2D eigenvalue weighted by molar-refractivity contribution is 0.882. The summed E-state index contributed by atoms with van der Waals surface area (Å²) < 4.78 is 1.28. The van der Waals surface area contributed by atoms with Crippen molar-refractivity contribution in [2.75, 3.05) is 5.32 Å². The topological polar surface area (TPSA) is 12.0 Å². The molecule has 2 aromatic carbocycles. The number of rotatable bonds is 5. The van der Waals surface area contributed by atoms with Gasteiger partial charge in [0.25, 0.3) is 0 Å². The van der Waals surface area contributed by atoms with Crippen molar-refractivity contribution in [1.82, 2.24) is 0 Å². The van der Waals surface area contributed by atoms with Crippen LogP contribution in [0.1, 0.15) is 37.4 Å². The van der Waals surface area contributed by atoms with Crippen LogP contribution < -0.4 is 5.32 Å². The predicted octanol–water partition coefficient (Wildman–Crippen LogP) is 5.42. The van der Waals surface area contributed by atoms with E-state index in [1.165, 1.54) is 26.8 Å². The summed E-state index contributed by atoms with van der Waals surface area (Å²) in [6.07, 6.45) is 2.36. The lowest BCUT2D eigenvalue weighted by atomic mass is 10.1. The van der Waals surface area contributed by atoms with E-state index in [1.54, 1.807) is 0 Å². The van der Waals surface area contributed by atoms with Crippen LogP contribution in [0.3, 0.4) is 0 Å². The summed E-state index contributed by atoms with van der Waals surface area (Å²) >= 11 is 2.33. The predicted molar refractivity (Wildman–Crippen MR) is 91.6 cm³/mol. The Bertz CT molecular complexity index is 502. The summed E-state index contributed by atoms with van der Waals surface area (Å²) in [5.41, 5.74) is 3.92. The number of hydrogen-bond acceptors (Lipinski definition) is 1. The maximum atomic E-state index is 3.54. The third-order valence-corrected chi connectivity index (χ3v) is 3.96. The fraction of sp³-hybridized carbons (Fsp3) is 0.294. The van der Waals surface area contributed by atoms with Crippen molar-refractivity contribution in [3.63, 3.8) is 0 Å². The number of nitrogens with one attached hydrogen (secondary N) is 1. The van der Waals surface area contributed by atoms with Crippen LogP contribution in [-0.4, -0.2) is 0 Å². The highest BCUT2D eigenvalue weighted by Crippen LogP contribution is 2.20. The Hall–Kier alpha value is -1.03. The second kappa shape index (κ2) is 6.94. The monoisotopic (exact) mass is 365 g/mol. The number of aryl methyl sites for hydroxylation is 1. The summed E-state index contributed by atoms with van der Waals surface area (Å²) in [4.78, 5) is 0. The van der Waals surface area contributed by atoms with Crippen molar-refractivity contribution >= 4 is 28.3 Å². The Morgan fingerprint density at radius 1 is 1.00 bits per heavy atom. The van der Waals surface area contributed by atoms with Crippen molar-refractivity contribution in [3.8, 4) is 0 Å². The molecule has 1 atom stereocenters. The standard InChI is InChI=1S/C17H20IN/c1-3-4-14-5-11-17(12-6-14)19-13(2)15-7-9-16(18)10-8-15/h5-13,19H,3-4H2,1-2H3. The SMILES string of the molecule is CCCc1ccc(NC(C)c2ccc(I)cc2)cc1. The number of hydrogen-bond donors (Lipinski definition) is 1. The Morgan fingerprint density at radius 2 is 1.63 bits per heavy atom. The molecular formula is C17H20IN.